The first-order chi connectivity index (χ1) is 8.60. The van der Waals surface area contributed by atoms with Crippen LogP contribution in [0.15, 0.2) is 18.2 Å². The molecular weight excluding hydrogens is 256 g/mol. The van der Waals surface area contributed by atoms with Crippen molar-refractivity contribution in [2.24, 2.45) is 0 Å². The summed E-state index contributed by atoms with van der Waals surface area (Å²) in [6, 6.07) is 5.28. The van der Waals surface area contributed by atoms with Gasteiger partial charge in [0, 0.05) is 0 Å². The largest absolute Gasteiger partial charge is 0.497 e. The van der Waals surface area contributed by atoms with Crippen LogP contribution in [0.2, 0.25) is 0 Å². The quantitative estimate of drug-likeness (QED) is 0.865. The summed E-state index contributed by atoms with van der Waals surface area (Å²) in [4.78, 5) is 26.1. The van der Waals surface area contributed by atoms with E-state index in [9.17, 15) is 9.59 Å². The average Bonchev–Trinajstić information content (AvgIpc) is 2.78. The zero-order chi connectivity index (χ0) is 13.1. The number of carboxylic acids is 1. The van der Waals surface area contributed by atoms with Gasteiger partial charge in [-0.15, -0.1) is 11.3 Å². The molecule has 0 aliphatic heterocycles. The molecule has 0 atom stereocenters. The molecule has 0 saturated carbocycles. The topological polar surface area (TPSA) is 88.5 Å². The van der Waals surface area contributed by atoms with E-state index in [0.717, 1.165) is 4.70 Å². The van der Waals surface area contributed by atoms with Crippen molar-refractivity contribution < 1.29 is 19.4 Å². The summed E-state index contributed by atoms with van der Waals surface area (Å²) >= 11 is 1.19. The zero-order valence-electron chi connectivity index (χ0n) is 9.47. The molecule has 0 fully saturated rings. The molecule has 0 unspecified atom stereocenters. The molecule has 7 heteroatoms. The van der Waals surface area contributed by atoms with E-state index in [1.54, 1.807) is 25.3 Å². The minimum Gasteiger partial charge on any atom is -0.497 e. The number of carbonyl (C=O) groups excluding carboxylic acids is 1. The first kappa shape index (κ1) is 12.3. The molecule has 0 aliphatic carbocycles. The summed E-state index contributed by atoms with van der Waals surface area (Å²) in [6.07, 6.45) is 0. The van der Waals surface area contributed by atoms with Gasteiger partial charge in [0.1, 0.15) is 12.3 Å². The van der Waals surface area contributed by atoms with Gasteiger partial charge in [-0.3, -0.25) is 9.59 Å². The number of fused-ring (bicyclic) bond motifs is 1. The van der Waals surface area contributed by atoms with Gasteiger partial charge in [-0.25, -0.2) is 4.98 Å². The molecule has 1 heterocycles. The number of nitrogens with one attached hydrogen (secondary N) is 1. The Hall–Kier alpha value is -2.15. The number of aliphatic carboxylic acids is 1. The van der Waals surface area contributed by atoms with Crippen LogP contribution in [0, 0.1) is 0 Å². The lowest BCUT2D eigenvalue weighted by atomic mass is 10.3. The number of thiazole rings is 1. The van der Waals surface area contributed by atoms with Gasteiger partial charge in [0.15, 0.2) is 5.01 Å². The van der Waals surface area contributed by atoms with Crippen molar-refractivity contribution in [2.45, 2.75) is 0 Å². The van der Waals surface area contributed by atoms with Gasteiger partial charge in [0.2, 0.25) is 0 Å². The number of aromatic nitrogens is 1. The van der Waals surface area contributed by atoms with Crippen LogP contribution < -0.4 is 10.1 Å². The monoisotopic (exact) mass is 266 g/mol. The standard InChI is InChI=1S/C11H10N2O4S/c1-17-6-2-3-7-8(4-6)18-11(13-7)10(16)12-5-9(14)15/h2-4H,5H2,1H3,(H,12,16)(H,14,15). The molecule has 0 saturated heterocycles. The fourth-order valence-corrected chi connectivity index (χ4v) is 2.27. The fourth-order valence-electron chi connectivity index (χ4n) is 1.36. The molecule has 1 aromatic heterocycles. The SMILES string of the molecule is COc1ccc2nc(C(=O)NCC(=O)O)sc2c1. The van der Waals surface area contributed by atoms with E-state index in [-0.39, 0.29) is 5.01 Å². The van der Waals surface area contributed by atoms with Crippen LogP contribution in [0.3, 0.4) is 0 Å². The lowest BCUT2D eigenvalue weighted by Gasteiger charge is -1.96. The zero-order valence-corrected chi connectivity index (χ0v) is 10.3. The maximum atomic E-state index is 11.6. The molecule has 2 aromatic rings. The van der Waals surface area contributed by atoms with Crippen LogP contribution in [0.4, 0.5) is 0 Å². The third-order valence-electron chi connectivity index (χ3n) is 2.19. The van der Waals surface area contributed by atoms with Gasteiger partial charge in [0.25, 0.3) is 5.91 Å². The second-order valence-corrected chi connectivity index (χ2v) is 4.46. The van der Waals surface area contributed by atoms with Crippen molar-refractivity contribution in [1.29, 1.82) is 0 Å². The number of benzene rings is 1. The summed E-state index contributed by atoms with van der Waals surface area (Å²) in [5.41, 5.74) is 0.682. The second-order valence-electron chi connectivity index (χ2n) is 3.43. The van der Waals surface area contributed by atoms with Gasteiger partial charge in [-0.1, -0.05) is 0 Å². The molecule has 1 amide bonds. The van der Waals surface area contributed by atoms with Crippen molar-refractivity contribution in [2.75, 3.05) is 13.7 Å². The molecule has 2 N–H and O–H groups in total. The van der Waals surface area contributed by atoms with Crippen LogP contribution in [0.5, 0.6) is 5.75 Å². The minimum absolute atomic E-state index is 0.236. The van der Waals surface area contributed by atoms with Crippen molar-refractivity contribution in [3.05, 3.63) is 23.2 Å². The number of ether oxygens (including phenoxy) is 1. The van der Waals surface area contributed by atoms with E-state index in [2.05, 4.69) is 10.3 Å². The van der Waals surface area contributed by atoms with Crippen LogP contribution in [0.25, 0.3) is 10.2 Å². The number of hydrogen-bond donors (Lipinski definition) is 2. The average molecular weight is 266 g/mol. The van der Waals surface area contributed by atoms with E-state index in [0.29, 0.717) is 11.3 Å². The third kappa shape index (κ3) is 2.57. The number of nitrogens with zero attached hydrogens (tertiary/aromatic N) is 1. The molecule has 6 nitrogen and oxygen atoms in total. The lowest BCUT2D eigenvalue weighted by Crippen LogP contribution is -2.29. The number of amides is 1. The molecule has 0 radical (unpaired) electrons. The smallest absolute Gasteiger partial charge is 0.322 e. The van der Waals surface area contributed by atoms with E-state index >= 15 is 0 Å². The maximum absolute atomic E-state index is 11.6. The normalized spacial score (nSPS) is 10.3. The van der Waals surface area contributed by atoms with Gasteiger partial charge in [0.05, 0.1) is 17.3 Å². The van der Waals surface area contributed by atoms with Crippen molar-refractivity contribution in [1.82, 2.24) is 10.3 Å². The molecule has 94 valence electrons. The number of hydrogen-bond acceptors (Lipinski definition) is 5. The Bertz CT molecular complexity index is 608. The van der Waals surface area contributed by atoms with Crippen molar-refractivity contribution in [3.63, 3.8) is 0 Å². The van der Waals surface area contributed by atoms with Crippen LogP contribution >= 0.6 is 11.3 Å². The van der Waals surface area contributed by atoms with E-state index in [4.69, 9.17) is 9.84 Å². The fraction of sp³-hybridized carbons (Fsp3) is 0.182. The Labute approximate surface area is 106 Å². The molecule has 0 bridgehead atoms. The molecule has 2 rings (SSSR count). The van der Waals surface area contributed by atoms with Gasteiger partial charge < -0.3 is 15.2 Å². The third-order valence-corrected chi connectivity index (χ3v) is 3.21. The second kappa shape index (κ2) is 5.01. The predicted octanol–water partition coefficient (Wildman–Crippen LogP) is 1.12. The van der Waals surface area contributed by atoms with Gasteiger partial charge in [-0.2, -0.15) is 0 Å². The molecule has 0 spiro atoms. The van der Waals surface area contributed by atoms with Crippen molar-refractivity contribution >= 4 is 33.4 Å². The Morgan fingerprint density at radius 3 is 2.94 bits per heavy atom. The molecule has 18 heavy (non-hydrogen) atoms. The molecular formula is C11H10N2O4S. The highest BCUT2D eigenvalue weighted by Gasteiger charge is 2.13. The highest BCUT2D eigenvalue weighted by atomic mass is 32.1. The van der Waals surface area contributed by atoms with E-state index in [1.807, 2.05) is 0 Å². The maximum Gasteiger partial charge on any atom is 0.322 e. The summed E-state index contributed by atoms with van der Waals surface area (Å²) in [5, 5.41) is 11.0. The highest BCUT2D eigenvalue weighted by molar-refractivity contribution is 7.20. The molecule has 1 aromatic carbocycles. The summed E-state index contributed by atoms with van der Waals surface area (Å²) in [5.74, 6) is -0.896. The lowest BCUT2D eigenvalue weighted by molar-refractivity contribution is -0.135. The predicted molar refractivity (Wildman–Crippen MR) is 66.1 cm³/mol. The summed E-state index contributed by atoms with van der Waals surface area (Å²) in [6.45, 7) is -0.419. The van der Waals surface area contributed by atoms with E-state index < -0.39 is 18.4 Å². The number of methoxy groups -OCH3 is 1. The number of carboxylic acid groups (broad SMARTS) is 1. The van der Waals surface area contributed by atoms with Crippen LogP contribution in [-0.4, -0.2) is 35.6 Å². The van der Waals surface area contributed by atoms with Gasteiger partial charge in [-0.05, 0) is 18.2 Å². The Morgan fingerprint density at radius 1 is 1.50 bits per heavy atom. The Morgan fingerprint density at radius 2 is 2.28 bits per heavy atom. The Balaban J connectivity index is 2.24. The van der Waals surface area contributed by atoms with Crippen LogP contribution in [0.1, 0.15) is 9.80 Å². The Kier molecular flexibility index (Phi) is 3.42. The summed E-state index contributed by atoms with van der Waals surface area (Å²) in [7, 11) is 1.56. The summed E-state index contributed by atoms with van der Waals surface area (Å²) < 4.78 is 5.89. The van der Waals surface area contributed by atoms with E-state index in [1.165, 1.54) is 11.3 Å². The number of rotatable bonds is 4. The molecule has 0 aliphatic rings. The first-order valence-electron chi connectivity index (χ1n) is 5.04. The van der Waals surface area contributed by atoms with Gasteiger partial charge >= 0.3 is 5.97 Å². The van der Waals surface area contributed by atoms with Crippen LogP contribution in [-0.2, 0) is 4.79 Å². The first-order valence-corrected chi connectivity index (χ1v) is 5.86. The van der Waals surface area contributed by atoms with Crippen molar-refractivity contribution in [3.8, 4) is 5.75 Å². The minimum atomic E-state index is -1.09. The highest BCUT2D eigenvalue weighted by Crippen LogP contribution is 2.26. The number of carbonyl (C=O) groups is 2.